The summed E-state index contributed by atoms with van der Waals surface area (Å²) < 4.78 is 0. The monoisotopic (exact) mass is 244 g/mol. The summed E-state index contributed by atoms with van der Waals surface area (Å²) in [6.07, 6.45) is 1.75. The molecular weight excluding hydrogens is 232 g/mol. The van der Waals surface area contributed by atoms with Gasteiger partial charge in [-0.15, -0.1) is 0 Å². The molecule has 2 nitrogen and oxygen atoms in total. The lowest BCUT2D eigenvalue weighted by molar-refractivity contribution is 1.40. The molecule has 2 aromatic rings. The molecule has 2 rings (SSSR count). The Kier molecular flexibility index (Phi) is 3.46. The standard InChI is InChI=1S/C17H12N2/c1-3-16-12(2)7-8-15(11-19)17(16)14-6-4-5-13(9-14)10-18/h3-9H,1H2,2H3. The predicted octanol–water partition coefficient (Wildman–Crippen LogP) is 4.05. The van der Waals surface area contributed by atoms with E-state index in [1.807, 2.05) is 25.1 Å². The summed E-state index contributed by atoms with van der Waals surface area (Å²) in [5, 5.41) is 18.2. The Morgan fingerprint density at radius 2 is 1.89 bits per heavy atom. The van der Waals surface area contributed by atoms with Crippen LogP contribution in [0.15, 0.2) is 43.0 Å². The van der Waals surface area contributed by atoms with Crippen LogP contribution in [0.4, 0.5) is 0 Å². The van der Waals surface area contributed by atoms with Crippen molar-refractivity contribution in [2.75, 3.05) is 0 Å². The third kappa shape index (κ3) is 2.25. The molecule has 0 unspecified atom stereocenters. The summed E-state index contributed by atoms with van der Waals surface area (Å²) in [6.45, 7) is 5.80. The highest BCUT2D eigenvalue weighted by Gasteiger charge is 2.11. The summed E-state index contributed by atoms with van der Waals surface area (Å²) in [5.41, 5.74) is 4.89. The number of hydrogen-bond donors (Lipinski definition) is 0. The van der Waals surface area contributed by atoms with Gasteiger partial charge in [0, 0.05) is 5.56 Å². The van der Waals surface area contributed by atoms with Crippen LogP contribution in [0.25, 0.3) is 17.2 Å². The maximum atomic E-state index is 9.27. The zero-order valence-electron chi connectivity index (χ0n) is 10.6. The summed E-state index contributed by atoms with van der Waals surface area (Å²) in [7, 11) is 0. The maximum Gasteiger partial charge on any atom is 0.0998 e. The lowest BCUT2D eigenvalue weighted by Gasteiger charge is -2.11. The molecule has 0 atom stereocenters. The van der Waals surface area contributed by atoms with E-state index < -0.39 is 0 Å². The quantitative estimate of drug-likeness (QED) is 0.800. The first kappa shape index (κ1) is 12.6. The van der Waals surface area contributed by atoms with Crippen LogP contribution >= 0.6 is 0 Å². The molecule has 0 N–H and O–H groups in total. The van der Waals surface area contributed by atoms with Crippen LogP contribution in [0.1, 0.15) is 22.3 Å². The van der Waals surface area contributed by atoms with Gasteiger partial charge in [0.05, 0.1) is 23.3 Å². The lowest BCUT2D eigenvalue weighted by Crippen LogP contribution is -1.92. The molecule has 0 amide bonds. The molecule has 0 fully saturated rings. The molecule has 0 aliphatic carbocycles. The summed E-state index contributed by atoms with van der Waals surface area (Å²) in [4.78, 5) is 0. The van der Waals surface area contributed by atoms with Crippen LogP contribution in [0.2, 0.25) is 0 Å². The molecule has 0 aliphatic rings. The van der Waals surface area contributed by atoms with Gasteiger partial charge < -0.3 is 0 Å². The zero-order valence-corrected chi connectivity index (χ0v) is 10.6. The van der Waals surface area contributed by atoms with Crippen LogP contribution < -0.4 is 0 Å². The molecule has 0 heterocycles. The number of benzene rings is 2. The first-order valence-corrected chi connectivity index (χ1v) is 5.88. The average molecular weight is 244 g/mol. The largest absolute Gasteiger partial charge is 0.192 e. The van der Waals surface area contributed by atoms with Crippen molar-refractivity contribution in [3.8, 4) is 23.3 Å². The van der Waals surface area contributed by atoms with E-state index in [1.54, 1.807) is 24.3 Å². The molecule has 0 aromatic heterocycles. The van der Waals surface area contributed by atoms with E-state index in [2.05, 4.69) is 18.7 Å². The maximum absolute atomic E-state index is 9.27. The average Bonchev–Trinajstić information content (AvgIpc) is 2.46. The number of nitriles is 2. The van der Waals surface area contributed by atoms with Crippen LogP contribution in [-0.2, 0) is 0 Å². The molecule has 0 saturated heterocycles. The zero-order chi connectivity index (χ0) is 13.8. The summed E-state index contributed by atoms with van der Waals surface area (Å²) >= 11 is 0. The lowest BCUT2D eigenvalue weighted by atomic mass is 9.91. The Hall–Kier alpha value is -2.84. The molecule has 19 heavy (non-hydrogen) atoms. The number of hydrogen-bond acceptors (Lipinski definition) is 2. The van der Waals surface area contributed by atoms with E-state index in [0.717, 1.165) is 22.3 Å². The Morgan fingerprint density at radius 1 is 1.11 bits per heavy atom. The van der Waals surface area contributed by atoms with Crippen molar-refractivity contribution in [2.45, 2.75) is 6.92 Å². The van der Waals surface area contributed by atoms with E-state index in [1.165, 1.54) is 0 Å². The Labute approximate surface area is 112 Å². The van der Waals surface area contributed by atoms with Crippen molar-refractivity contribution in [1.82, 2.24) is 0 Å². The van der Waals surface area contributed by atoms with Crippen LogP contribution in [0, 0.1) is 29.6 Å². The van der Waals surface area contributed by atoms with E-state index in [4.69, 9.17) is 5.26 Å². The highest BCUT2D eigenvalue weighted by Crippen LogP contribution is 2.31. The molecule has 0 aliphatic heterocycles. The van der Waals surface area contributed by atoms with E-state index in [0.29, 0.717) is 11.1 Å². The van der Waals surface area contributed by atoms with Crippen molar-refractivity contribution in [1.29, 1.82) is 10.5 Å². The molecule has 0 bridgehead atoms. The van der Waals surface area contributed by atoms with Gasteiger partial charge in [-0.1, -0.05) is 30.9 Å². The highest BCUT2D eigenvalue weighted by molar-refractivity contribution is 5.82. The van der Waals surface area contributed by atoms with Crippen LogP contribution in [-0.4, -0.2) is 0 Å². The van der Waals surface area contributed by atoms with Crippen LogP contribution in [0.5, 0.6) is 0 Å². The Bertz CT molecular complexity index is 728. The van der Waals surface area contributed by atoms with Gasteiger partial charge in [0.15, 0.2) is 0 Å². The molecule has 0 spiro atoms. The predicted molar refractivity (Wildman–Crippen MR) is 76.1 cm³/mol. The molecule has 2 heteroatoms. The van der Waals surface area contributed by atoms with Gasteiger partial charge >= 0.3 is 0 Å². The van der Waals surface area contributed by atoms with Gasteiger partial charge in [0.25, 0.3) is 0 Å². The van der Waals surface area contributed by atoms with Gasteiger partial charge in [-0.2, -0.15) is 10.5 Å². The first-order valence-electron chi connectivity index (χ1n) is 5.88. The normalized spacial score (nSPS) is 9.42. The summed E-state index contributed by atoms with van der Waals surface area (Å²) in [6, 6.07) is 15.3. The van der Waals surface area contributed by atoms with E-state index in [9.17, 15) is 5.26 Å². The first-order chi connectivity index (χ1) is 9.21. The number of nitrogens with zero attached hydrogens (tertiary/aromatic N) is 2. The van der Waals surface area contributed by atoms with Gasteiger partial charge in [-0.25, -0.2) is 0 Å². The van der Waals surface area contributed by atoms with Gasteiger partial charge in [-0.3, -0.25) is 0 Å². The van der Waals surface area contributed by atoms with Gasteiger partial charge in [-0.05, 0) is 41.8 Å². The second-order valence-corrected chi connectivity index (χ2v) is 4.23. The molecule has 0 saturated carbocycles. The minimum absolute atomic E-state index is 0.581. The van der Waals surface area contributed by atoms with E-state index in [-0.39, 0.29) is 0 Å². The fourth-order valence-corrected chi connectivity index (χ4v) is 2.14. The second kappa shape index (κ2) is 5.21. The number of aryl methyl sites for hydroxylation is 1. The minimum Gasteiger partial charge on any atom is -0.192 e. The molecule has 0 radical (unpaired) electrons. The Balaban J connectivity index is 2.80. The third-order valence-corrected chi connectivity index (χ3v) is 3.07. The second-order valence-electron chi connectivity index (χ2n) is 4.23. The third-order valence-electron chi connectivity index (χ3n) is 3.07. The Morgan fingerprint density at radius 3 is 2.53 bits per heavy atom. The molecular formula is C17H12N2. The minimum atomic E-state index is 0.581. The fraction of sp³-hybridized carbons (Fsp3) is 0.0588. The van der Waals surface area contributed by atoms with Crippen molar-refractivity contribution >= 4 is 6.08 Å². The summed E-state index contributed by atoms with van der Waals surface area (Å²) in [5.74, 6) is 0. The van der Waals surface area contributed by atoms with Crippen LogP contribution in [0.3, 0.4) is 0 Å². The number of rotatable bonds is 2. The molecule has 90 valence electrons. The smallest absolute Gasteiger partial charge is 0.0998 e. The highest BCUT2D eigenvalue weighted by atomic mass is 14.3. The van der Waals surface area contributed by atoms with Crippen molar-refractivity contribution < 1.29 is 0 Å². The van der Waals surface area contributed by atoms with Crippen molar-refractivity contribution in [3.05, 3.63) is 65.2 Å². The topological polar surface area (TPSA) is 47.6 Å². The van der Waals surface area contributed by atoms with Crippen molar-refractivity contribution in [3.63, 3.8) is 0 Å². The van der Waals surface area contributed by atoms with Gasteiger partial charge in [0.2, 0.25) is 0 Å². The van der Waals surface area contributed by atoms with Gasteiger partial charge in [0.1, 0.15) is 0 Å². The molecule has 2 aromatic carbocycles. The fourth-order valence-electron chi connectivity index (χ4n) is 2.14. The van der Waals surface area contributed by atoms with E-state index >= 15 is 0 Å². The SMILES string of the molecule is C=Cc1c(C)ccc(C#N)c1-c1cccc(C#N)c1. The van der Waals surface area contributed by atoms with Crippen molar-refractivity contribution in [2.24, 2.45) is 0 Å².